The Bertz CT molecular complexity index is 154. The molecule has 70 valence electrons. The van der Waals surface area contributed by atoms with Crippen LogP contribution >= 0.6 is 0 Å². The number of aliphatic hydroxyl groups excluding tert-OH is 1. The molecule has 1 N–H and O–H groups in total. The second-order valence-corrected chi connectivity index (χ2v) is 4.49. The third-order valence-corrected chi connectivity index (χ3v) is 3.20. The number of hydrogen-bond donors (Lipinski definition) is 1. The molecule has 0 aromatic heterocycles. The van der Waals surface area contributed by atoms with E-state index in [4.69, 9.17) is 0 Å². The zero-order valence-electron chi connectivity index (χ0n) is 7.87. The van der Waals surface area contributed by atoms with Crippen LogP contribution in [0.5, 0.6) is 0 Å². The fraction of sp³-hybridized carbons (Fsp3) is 1.00. The molecule has 2 heteroatoms. The van der Waals surface area contributed by atoms with Crippen LogP contribution in [0, 0.1) is 11.8 Å². The van der Waals surface area contributed by atoms with E-state index in [0.29, 0.717) is 5.92 Å². The van der Waals surface area contributed by atoms with Gasteiger partial charge in [0.25, 0.3) is 0 Å². The van der Waals surface area contributed by atoms with Crippen LogP contribution in [-0.4, -0.2) is 35.7 Å². The minimum absolute atomic E-state index is 0.103. The summed E-state index contributed by atoms with van der Waals surface area (Å²) in [5.74, 6) is 1.54. The van der Waals surface area contributed by atoms with Gasteiger partial charge in [-0.05, 0) is 44.6 Å². The largest absolute Gasteiger partial charge is 0.393 e. The van der Waals surface area contributed by atoms with E-state index in [1.54, 1.807) is 0 Å². The molecule has 1 aliphatic heterocycles. The van der Waals surface area contributed by atoms with Crippen molar-refractivity contribution in [2.45, 2.75) is 32.3 Å². The maximum atomic E-state index is 9.39. The zero-order valence-corrected chi connectivity index (χ0v) is 7.87. The molecule has 0 aromatic carbocycles. The van der Waals surface area contributed by atoms with Crippen LogP contribution in [0.3, 0.4) is 0 Å². The molecule has 2 unspecified atom stereocenters. The number of likely N-dealkylation sites (tertiary alicyclic amines) is 1. The molecule has 0 spiro atoms. The second kappa shape index (κ2) is 3.35. The van der Waals surface area contributed by atoms with Crippen molar-refractivity contribution in [1.82, 2.24) is 4.90 Å². The molecule has 2 atom stereocenters. The van der Waals surface area contributed by atoms with Crippen LogP contribution in [0.4, 0.5) is 0 Å². The Kier molecular flexibility index (Phi) is 2.37. The van der Waals surface area contributed by atoms with Gasteiger partial charge < -0.3 is 10.0 Å². The highest BCUT2D eigenvalue weighted by Gasteiger charge is 2.30. The van der Waals surface area contributed by atoms with Crippen LogP contribution in [0.1, 0.15) is 26.2 Å². The third-order valence-electron chi connectivity index (χ3n) is 3.20. The number of nitrogens with zero attached hydrogens (tertiary/aromatic N) is 1. The molecule has 1 saturated heterocycles. The molecule has 2 fully saturated rings. The lowest BCUT2D eigenvalue weighted by Gasteiger charge is -2.16. The standard InChI is InChI=1S/C10H19NO/c1-8(12)10-4-5-11(7-10)6-9-2-3-9/h8-10,12H,2-7H2,1H3. The van der Waals surface area contributed by atoms with Crippen molar-refractivity contribution in [3.63, 3.8) is 0 Å². The highest BCUT2D eigenvalue weighted by Crippen LogP contribution is 2.31. The van der Waals surface area contributed by atoms with Crippen molar-refractivity contribution < 1.29 is 5.11 Å². The summed E-state index contributed by atoms with van der Waals surface area (Å²) in [5, 5.41) is 9.39. The van der Waals surface area contributed by atoms with E-state index in [-0.39, 0.29) is 6.10 Å². The van der Waals surface area contributed by atoms with Crippen molar-refractivity contribution in [1.29, 1.82) is 0 Å². The predicted octanol–water partition coefficient (Wildman–Crippen LogP) is 1.10. The monoisotopic (exact) mass is 169 g/mol. The molecular formula is C10H19NO. The van der Waals surface area contributed by atoms with Gasteiger partial charge in [-0.1, -0.05) is 0 Å². The summed E-state index contributed by atoms with van der Waals surface area (Å²) in [6.07, 6.45) is 3.98. The Balaban J connectivity index is 1.73. The van der Waals surface area contributed by atoms with Gasteiger partial charge in [-0.15, -0.1) is 0 Å². The minimum atomic E-state index is -0.103. The smallest absolute Gasteiger partial charge is 0.0552 e. The third kappa shape index (κ3) is 1.99. The molecule has 12 heavy (non-hydrogen) atoms. The van der Waals surface area contributed by atoms with Crippen LogP contribution in [0.2, 0.25) is 0 Å². The summed E-state index contributed by atoms with van der Waals surface area (Å²) in [5.41, 5.74) is 0. The Morgan fingerprint density at radius 1 is 1.42 bits per heavy atom. The average molecular weight is 169 g/mol. The first-order chi connectivity index (χ1) is 5.75. The van der Waals surface area contributed by atoms with Gasteiger partial charge in [-0.25, -0.2) is 0 Å². The summed E-state index contributed by atoms with van der Waals surface area (Å²) in [6.45, 7) is 5.56. The first-order valence-electron chi connectivity index (χ1n) is 5.16. The Morgan fingerprint density at radius 3 is 2.67 bits per heavy atom. The van der Waals surface area contributed by atoms with Crippen molar-refractivity contribution in [3.05, 3.63) is 0 Å². The summed E-state index contributed by atoms with van der Waals surface area (Å²) in [6, 6.07) is 0. The van der Waals surface area contributed by atoms with Crippen LogP contribution in [0.25, 0.3) is 0 Å². The van der Waals surface area contributed by atoms with E-state index in [2.05, 4.69) is 4.90 Å². The molecule has 1 saturated carbocycles. The molecule has 0 aromatic rings. The van der Waals surface area contributed by atoms with Gasteiger partial charge in [0.1, 0.15) is 0 Å². The molecule has 2 nitrogen and oxygen atoms in total. The van der Waals surface area contributed by atoms with Crippen LogP contribution in [-0.2, 0) is 0 Å². The van der Waals surface area contributed by atoms with E-state index in [0.717, 1.165) is 12.5 Å². The predicted molar refractivity (Wildman–Crippen MR) is 49.0 cm³/mol. The molecule has 0 bridgehead atoms. The number of hydrogen-bond acceptors (Lipinski definition) is 2. The van der Waals surface area contributed by atoms with E-state index in [1.807, 2.05) is 6.92 Å². The van der Waals surface area contributed by atoms with Gasteiger partial charge in [0.05, 0.1) is 6.10 Å². The number of rotatable bonds is 3. The minimum Gasteiger partial charge on any atom is -0.393 e. The van der Waals surface area contributed by atoms with Crippen molar-refractivity contribution in [2.75, 3.05) is 19.6 Å². The van der Waals surface area contributed by atoms with Crippen molar-refractivity contribution in [3.8, 4) is 0 Å². The normalized spacial score (nSPS) is 34.0. The lowest BCUT2D eigenvalue weighted by atomic mass is 10.0. The van der Waals surface area contributed by atoms with Gasteiger partial charge in [0, 0.05) is 13.1 Å². The SMILES string of the molecule is CC(O)C1CCN(CC2CC2)C1. The van der Waals surface area contributed by atoms with Gasteiger partial charge >= 0.3 is 0 Å². The van der Waals surface area contributed by atoms with E-state index in [9.17, 15) is 5.11 Å². The van der Waals surface area contributed by atoms with Gasteiger partial charge in [-0.3, -0.25) is 0 Å². The highest BCUT2D eigenvalue weighted by molar-refractivity contribution is 4.83. The lowest BCUT2D eigenvalue weighted by Crippen LogP contribution is -2.26. The summed E-state index contributed by atoms with van der Waals surface area (Å²) in [7, 11) is 0. The number of aliphatic hydroxyl groups is 1. The van der Waals surface area contributed by atoms with Crippen LogP contribution in [0.15, 0.2) is 0 Å². The van der Waals surface area contributed by atoms with E-state index < -0.39 is 0 Å². The zero-order chi connectivity index (χ0) is 8.55. The van der Waals surface area contributed by atoms with Crippen LogP contribution < -0.4 is 0 Å². The summed E-state index contributed by atoms with van der Waals surface area (Å²) >= 11 is 0. The highest BCUT2D eigenvalue weighted by atomic mass is 16.3. The lowest BCUT2D eigenvalue weighted by molar-refractivity contribution is 0.127. The summed E-state index contributed by atoms with van der Waals surface area (Å²) < 4.78 is 0. The maximum absolute atomic E-state index is 9.39. The first-order valence-corrected chi connectivity index (χ1v) is 5.16. The summed E-state index contributed by atoms with van der Waals surface area (Å²) in [4.78, 5) is 2.52. The second-order valence-electron chi connectivity index (χ2n) is 4.49. The topological polar surface area (TPSA) is 23.5 Å². The quantitative estimate of drug-likeness (QED) is 0.684. The Hall–Kier alpha value is -0.0800. The molecular weight excluding hydrogens is 150 g/mol. The Labute approximate surface area is 74.6 Å². The van der Waals surface area contributed by atoms with E-state index in [1.165, 1.54) is 32.4 Å². The molecule has 1 heterocycles. The van der Waals surface area contributed by atoms with Crippen molar-refractivity contribution in [2.24, 2.45) is 11.8 Å². The maximum Gasteiger partial charge on any atom is 0.0552 e. The molecule has 2 rings (SSSR count). The fourth-order valence-electron chi connectivity index (χ4n) is 2.09. The Morgan fingerprint density at radius 2 is 2.17 bits per heavy atom. The molecule has 2 aliphatic rings. The average Bonchev–Trinajstić information content (AvgIpc) is 2.66. The van der Waals surface area contributed by atoms with Gasteiger partial charge in [-0.2, -0.15) is 0 Å². The van der Waals surface area contributed by atoms with Gasteiger partial charge in [0.15, 0.2) is 0 Å². The van der Waals surface area contributed by atoms with Gasteiger partial charge in [0.2, 0.25) is 0 Å². The van der Waals surface area contributed by atoms with Crippen molar-refractivity contribution >= 4 is 0 Å². The molecule has 1 aliphatic carbocycles. The van der Waals surface area contributed by atoms with E-state index >= 15 is 0 Å². The fourth-order valence-corrected chi connectivity index (χ4v) is 2.09. The first kappa shape index (κ1) is 8.52. The molecule has 0 amide bonds. The molecule has 0 radical (unpaired) electrons.